The fraction of sp³-hybridized carbons (Fsp3) is 0.647. The Hall–Kier alpha value is -0.340. The summed E-state index contributed by atoms with van der Waals surface area (Å²) in [6, 6.07) is 9.10. The minimum atomic E-state index is 0.377. The lowest BCUT2D eigenvalue weighted by atomic mass is 9.78. The third kappa shape index (κ3) is 5.66. The summed E-state index contributed by atoms with van der Waals surface area (Å²) in [4.78, 5) is 0. The van der Waals surface area contributed by atoms with Crippen molar-refractivity contribution in [2.24, 2.45) is 11.3 Å². The third-order valence-electron chi connectivity index (χ3n) is 4.03. The number of rotatable bonds is 6. The van der Waals surface area contributed by atoms with Gasteiger partial charge in [-0.15, -0.1) is 0 Å². The fourth-order valence-corrected chi connectivity index (χ4v) is 2.68. The molecule has 0 aliphatic carbocycles. The molecule has 108 valence electrons. The maximum Gasteiger partial charge on any atom is 0.0207 e. The first-order valence-electron chi connectivity index (χ1n) is 7.31. The molecule has 0 aliphatic rings. The van der Waals surface area contributed by atoms with Crippen molar-refractivity contribution in [2.45, 2.75) is 53.5 Å². The topological polar surface area (TPSA) is 12.0 Å². The minimum absolute atomic E-state index is 0.377. The van der Waals surface area contributed by atoms with E-state index in [-0.39, 0.29) is 0 Å². The van der Waals surface area contributed by atoms with Crippen molar-refractivity contribution in [3.63, 3.8) is 0 Å². The smallest absolute Gasteiger partial charge is 0.0207 e. The highest BCUT2D eigenvalue weighted by Gasteiger charge is 2.23. The monoisotopic (exact) mass is 325 g/mol. The standard InChI is InChI=1S/C17H28BrN/c1-6-19-15(11-13(2)17(3,4)5)12-14-9-7-8-10-16(14)18/h7-10,13,15,19H,6,11-12H2,1-5H3. The second-order valence-electron chi connectivity index (χ2n) is 6.55. The van der Waals surface area contributed by atoms with Gasteiger partial charge in [0.05, 0.1) is 0 Å². The average Bonchev–Trinajstić information content (AvgIpc) is 2.31. The Morgan fingerprint density at radius 2 is 1.84 bits per heavy atom. The Morgan fingerprint density at radius 1 is 1.21 bits per heavy atom. The molecule has 1 aromatic rings. The predicted molar refractivity (Wildman–Crippen MR) is 88.5 cm³/mol. The van der Waals surface area contributed by atoms with E-state index < -0.39 is 0 Å². The number of benzene rings is 1. The van der Waals surface area contributed by atoms with Crippen LogP contribution in [-0.2, 0) is 6.42 Å². The second-order valence-corrected chi connectivity index (χ2v) is 7.41. The summed E-state index contributed by atoms with van der Waals surface area (Å²) in [7, 11) is 0. The summed E-state index contributed by atoms with van der Waals surface area (Å²) in [5.74, 6) is 0.707. The van der Waals surface area contributed by atoms with Crippen molar-refractivity contribution < 1.29 is 0 Å². The number of hydrogen-bond donors (Lipinski definition) is 1. The number of likely N-dealkylation sites (N-methyl/N-ethyl adjacent to an activating group) is 1. The Labute approximate surface area is 127 Å². The summed E-state index contributed by atoms with van der Waals surface area (Å²) in [6.07, 6.45) is 2.31. The lowest BCUT2D eigenvalue weighted by molar-refractivity contribution is 0.222. The van der Waals surface area contributed by atoms with Gasteiger partial charge in [0, 0.05) is 10.5 Å². The highest BCUT2D eigenvalue weighted by Crippen LogP contribution is 2.30. The Kier molecular flexibility index (Phi) is 6.55. The van der Waals surface area contributed by atoms with Gasteiger partial charge in [-0.2, -0.15) is 0 Å². The van der Waals surface area contributed by atoms with Crippen LogP contribution >= 0.6 is 15.9 Å². The van der Waals surface area contributed by atoms with Crippen LogP contribution in [0.5, 0.6) is 0 Å². The quantitative estimate of drug-likeness (QED) is 0.772. The van der Waals surface area contributed by atoms with Gasteiger partial charge >= 0.3 is 0 Å². The van der Waals surface area contributed by atoms with Crippen LogP contribution in [0.25, 0.3) is 0 Å². The zero-order chi connectivity index (χ0) is 14.5. The molecule has 1 aromatic carbocycles. The van der Waals surface area contributed by atoms with Gasteiger partial charge in [-0.3, -0.25) is 0 Å². The number of halogens is 1. The minimum Gasteiger partial charge on any atom is -0.314 e. The van der Waals surface area contributed by atoms with Gasteiger partial charge in [-0.1, -0.05) is 68.7 Å². The molecule has 0 bridgehead atoms. The molecule has 1 rings (SSSR count). The summed E-state index contributed by atoms with van der Waals surface area (Å²) in [6.45, 7) is 12.6. The van der Waals surface area contributed by atoms with Crippen LogP contribution in [-0.4, -0.2) is 12.6 Å². The molecule has 0 saturated carbocycles. The molecule has 0 amide bonds. The molecule has 2 heteroatoms. The van der Waals surface area contributed by atoms with Gasteiger partial charge in [0.2, 0.25) is 0 Å². The zero-order valence-electron chi connectivity index (χ0n) is 13.0. The van der Waals surface area contributed by atoms with Gasteiger partial charge in [0.25, 0.3) is 0 Å². The zero-order valence-corrected chi connectivity index (χ0v) is 14.5. The molecule has 1 N–H and O–H groups in total. The van der Waals surface area contributed by atoms with Gasteiger partial charge in [0.15, 0.2) is 0 Å². The molecule has 19 heavy (non-hydrogen) atoms. The summed E-state index contributed by atoms with van der Waals surface area (Å²) in [5, 5.41) is 3.64. The van der Waals surface area contributed by atoms with Crippen LogP contribution in [0.2, 0.25) is 0 Å². The molecule has 0 saturated heterocycles. The van der Waals surface area contributed by atoms with E-state index in [2.05, 4.69) is 80.1 Å². The number of hydrogen-bond acceptors (Lipinski definition) is 1. The van der Waals surface area contributed by atoms with Crippen molar-refractivity contribution in [2.75, 3.05) is 6.54 Å². The van der Waals surface area contributed by atoms with Gasteiger partial charge in [0.1, 0.15) is 0 Å². The van der Waals surface area contributed by atoms with Crippen LogP contribution in [0.3, 0.4) is 0 Å². The molecule has 1 nitrogen and oxygen atoms in total. The van der Waals surface area contributed by atoms with Crippen LogP contribution in [0.15, 0.2) is 28.7 Å². The van der Waals surface area contributed by atoms with E-state index in [0.717, 1.165) is 13.0 Å². The molecule has 2 unspecified atom stereocenters. The normalized spacial score (nSPS) is 15.3. The Bertz CT molecular complexity index is 381. The molecular formula is C17H28BrN. The molecule has 2 atom stereocenters. The van der Waals surface area contributed by atoms with Crippen LogP contribution < -0.4 is 5.32 Å². The largest absolute Gasteiger partial charge is 0.314 e. The van der Waals surface area contributed by atoms with Gasteiger partial charge < -0.3 is 5.32 Å². The summed E-state index contributed by atoms with van der Waals surface area (Å²) < 4.78 is 1.22. The van der Waals surface area contributed by atoms with Crippen molar-refractivity contribution in [1.82, 2.24) is 5.32 Å². The van der Waals surface area contributed by atoms with E-state index in [1.807, 2.05) is 0 Å². The molecular weight excluding hydrogens is 298 g/mol. The van der Waals surface area contributed by atoms with Crippen molar-refractivity contribution in [1.29, 1.82) is 0 Å². The highest BCUT2D eigenvalue weighted by atomic mass is 79.9. The molecule has 0 spiro atoms. The van der Waals surface area contributed by atoms with Crippen LogP contribution in [0, 0.1) is 11.3 Å². The maximum atomic E-state index is 3.65. The molecule has 0 radical (unpaired) electrons. The third-order valence-corrected chi connectivity index (χ3v) is 4.81. The first kappa shape index (κ1) is 16.7. The second kappa shape index (κ2) is 7.44. The van der Waals surface area contributed by atoms with E-state index in [4.69, 9.17) is 0 Å². The summed E-state index contributed by atoms with van der Waals surface area (Å²) in [5.41, 5.74) is 1.77. The first-order chi connectivity index (χ1) is 8.84. The number of nitrogens with one attached hydrogen (secondary N) is 1. The van der Waals surface area contributed by atoms with Crippen molar-refractivity contribution >= 4 is 15.9 Å². The Morgan fingerprint density at radius 3 is 2.37 bits per heavy atom. The predicted octanol–water partition coefficient (Wildman–Crippen LogP) is 5.04. The fourth-order valence-electron chi connectivity index (χ4n) is 2.24. The Balaban J connectivity index is 2.71. The van der Waals surface area contributed by atoms with E-state index in [0.29, 0.717) is 17.4 Å². The van der Waals surface area contributed by atoms with Gasteiger partial charge in [-0.25, -0.2) is 0 Å². The van der Waals surface area contributed by atoms with Gasteiger partial charge in [-0.05, 0) is 42.3 Å². The lowest BCUT2D eigenvalue weighted by Gasteiger charge is -2.31. The van der Waals surface area contributed by atoms with E-state index >= 15 is 0 Å². The molecule has 0 fully saturated rings. The molecule has 0 aliphatic heterocycles. The average molecular weight is 326 g/mol. The van der Waals surface area contributed by atoms with E-state index in [9.17, 15) is 0 Å². The SMILES string of the molecule is CCNC(Cc1ccccc1Br)CC(C)C(C)(C)C. The van der Waals surface area contributed by atoms with Crippen LogP contribution in [0.4, 0.5) is 0 Å². The van der Waals surface area contributed by atoms with Crippen LogP contribution in [0.1, 0.15) is 46.6 Å². The maximum absolute atomic E-state index is 3.65. The van der Waals surface area contributed by atoms with E-state index in [1.165, 1.54) is 16.5 Å². The van der Waals surface area contributed by atoms with Crippen molar-refractivity contribution in [3.8, 4) is 0 Å². The molecule has 0 aromatic heterocycles. The van der Waals surface area contributed by atoms with Crippen molar-refractivity contribution in [3.05, 3.63) is 34.3 Å². The lowest BCUT2D eigenvalue weighted by Crippen LogP contribution is -2.35. The summed E-state index contributed by atoms with van der Waals surface area (Å²) >= 11 is 3.65. The highest BCUT2D eigenvalue weighted by molar-refractivity contribution is 9.10. The molecule has 0 heterocycles. The first-order valence-corrected chi connectivity index (χ1v) is 8.10. The van der Waals surface area contributed by atoms with E-state index in [1.54, 1.807) is 0 Å².